The van der Waals surface area contributed by atoms with Crippen molar-refractivity contribution in [3.05, 3.63) is 29.6 Å². The van der Waals surface area contributed by atoms with Gasteiger partial charge in [-0.2, -0.15) is 0 Å². The Morgan fingerprint density at radius 1 is 1.53 bits per heavy atom. The van der Waals surface area contributed by atoms with E-state index in [1.807, 2.05) is 0 Å². The molecule has 0 saturated heterocycles. The zero-order valence-corrected chi connectivity index (χ0v) is 9.95. The lowest BCUT2D eigenvalue weighted by Crippen LogP contribution is -2.51. The number of benzene rings is 1. The normalized spacial score (nSPS) is 18.8. The standard InChI is InChI=1S/C13H18FNO2/c1-9-2-5-11(6-12(9)14)17-8-13(15,7-16)10-3-4-10/h2,5-6,10,16H,3-4,7-8,15H2,1H3. The van der Waals surface area contributed by atoms with E-state index >= 15 is 0 Å². The summed E-state index contributed by atoms with van der Waals surface area (Å²) < 4.78 is 18.8. The van der Waals surface area contributed by atoms with Crippen molar-refractivity contribution < 1.29 is 14.2 Å². The number of aliphatic hydroxyl groups is 1. The lowest BCUT2D eigenvalue weighted by atomic mass is 9.97. The lowest BCUT2D eigenvalue weighted by molar-refractivity contribution is 0.116. The van der Waals surface area contributed by atoms with Gasteiger partial charge in [0.15, 0.2) is 0 Å². The summed E-state index contributed by atoms with van der Waals surface area (Å²) >= 11 is 0. The molecular weight excluding hydrogens is 221 g/mol. The molecule has 0 spiro atoms. The topological polar surface area (TPSA) is 55.5 Å². The van der Waals surface area contributed by atoms with E-state index in [-0.39, 0.29) is 19.0 Å². The second-order valence-electron chi connectivity index (χ2n) is 4.87. The van der Waals surface area contributed by atoms with Crippen LogP contribution in [0.1, 0.15) is 18.4 Å². The van der Waals surface area contributed by atoms with Gasteiger partial charge in [0.05, 0.1) is 12.1 Å². The van der Waals surface area contributed by atoms with Crippen molar-refractivity contribution in [1.29, 1.82) is 0 Å². The van der Waals surface area contributed by atoms with Gasteiger partial charge in [0, 0.05) is 6.07 Å². The molecule has 1 aromatic rings. The fraction of sp³-hybridized carbons (Fsp3) is 0.538. The average molecular weight is 239 g/mol. The van der Waals surface area contributed by atoms with Gasteiger partial charge in [-0.25, -0.2) is 4.39 Å². The first-order valence-electron chi connectivity index (χ1n) is 5.84. The summed E-state index contributed by atoms with van der Waals surface area (Å²) in [6.07, 6.45) is 2.06. The van der Waals surface area contributed by atoms with Gasteiger partial charge in [-0.3, -0.25) is 0 Å². The average Bonchev–Trinajstić information content (AvgIpc) is 3.14. The summed E-state index contributed by atoms with van der Waals surface area (Å²) in [6, 6.07) is 4.72. The Morgan fingerprint density at radius 2 is 2.24 bits per heavy atom. The van der Waals surface area contributed by atoms with Gasteiger partial charge in [-0.05, 0) is 37.3 Å². The maximum absolute atomic E-state index is 13.3. The Bertz CT molecular complexity index is 406. The molecule has 0 heterocycles. The molecule has 0 aliphatic heterocycles. The fourth-order valence-electron chi connectivity index (χ4n) is 1.83. The van der Waals surface area contributed by atoms with Crippen LogP contribution in [0.4, 0.5) is 4.39 Å². The van der Waals surface area contributed by atoms with E-state index in [0.717, 1.165) is 12.8 Å². The van der Waals surface area contributed by atoms with Crippen LogP contribution in [-0.4, -0.2) is 23.9 Å². The maximum atomic E-state index is 13.3. The smallest absolute Gasteiger partial charge is 0.129 e. The predicted octanol–water partition coefficient (Wildman–Crippen LogP) is 1.61. The molecule has 1 aliphatic rings. The highest BCUT2D eigenvalue weighted by Gasteiger charge is 2.42. The van der Waals surface area contributed by atoms with E-state index < -0.39 is 5.54 Å². The van der Waals surface area contributed by atoms with Gasteiger partial charge < -0.3 is 15.6 Å². The van der Waals surface area contributed by atoms with Gasteiger partial charge in [0.25, 0.3) is 0 Å². The van der Waals surface area contributed by atoms with Crippen molar-refractivity contribution in [1.82, 2.24) is 0 Å². The quantitative estimate of drug-likeness (QED) is 0.820. The maximum Gasteiger partial charge on any atom is 0.129 e. The molecule has 3 N–H and O–H groups in total. The van der Waals surface area contributed by atoms with Crippen molar-refractivity contribution in [3.63, 3.8) is 0 Å². The Morgan fingerprint density at radius 3 is 2.76 bits per heavy atom. The van der Waals surface area contributed by atoms with Crippen molar-refractivity contribution in [2.24, 2.45) is 11.7 Å². The summed E-state index contributed by atoms with van der Waals surface area (Å²) in [5, 5.41) is 9.29. The molecule has 94 valence electrons. The van der Waals surface area contributed by atoms with Crippen LogP contribution < -0.4 is 10.5 Å². The minimum atomic E-state index is -0.693. The molecule has 1 unspecified atom stereocenters. The summed E-state index contributed by atoms with van der Waals surface area (Å²) in [7, 11) is 0. The van der Waals surface area contributed by atoms with Crippen LogP contribution in [-0.2, 0) is 0 Å². The largest absolute Gasteiger partial charge is 0.491 e. The van der Waals surface area contributed by atoms with Crippen LogP contribution in [0.3, 0.4) is 0 Å². The van der Waals surface area contributed by atoms with Crippen LogP contribution >= 0.6 is 0 Å². The number of aliphatic hydroxyl groups excluding tert-OH is 1. The summed E-state index contributed by atoms with van der Waals surface area (Å²) in [4.78, 5) is 0. The number of nitrogens with two attached hydrogens (primary N) is 1. The number of ether oxygens (including phenoxy) is 1. The molecule has 0 radical (unpaired) electrons. The molecule has 1 fully saturated rings. The molecule has 1 atom stereocenters. The molecule has 0 bridgehead atoms. The Hall–Kier alpha value is -1.13. The van der Waals surface area contributed by atoms with Gasteiger partial charge >= 0.3 is 0 Å². The zero-order valence-electron chi connectivity index (χ0n) is 9.95. The lowest BCUT2D eigenvalue weighted by Gasteiger charge is -2.27. The van der Waals surface area contributed by atoms with Crippen LogP contribution in [0, 0.1) is 18.7 Å². The number of hydrogen-bond acceptors (Lipinski definition) is 3. The van der Waals surface area contributed by atoms with Crippen molar-refractivity contribution in [3.8, 4) is 5.75 Å². The fourth-order valence-corrected chi connectivity index (χ4v) is 1.83. The highest BCUT2D eigenvalue weighted by atomic mass is 19.1. The third-order valence-corrected chi connectivity index (χ3v) is 3.34. The second kappa shape index (κ2) is 4.63. The summed E-state index contributed by atoms with van der Waals surface area (Å²) in [5.41, 5.74) is 5.94. The van der Waals surface area contributed by atoms with Gasteiger partial charge in [-0.15, -0.1) is 0 Å². The predicted molar refractivity (Wildman–Crippen MR) is 63.4 cm³/mol. The number of halogens is 1. The Balaban J connectivity index is 1.98. The Labute approximate surface area is 100 Å². The zero-order chi connectivity index (χ0) is 12.5. The van der Waals surface area contributed by atoms with Crippen LogP contribution in [0.5, 0.6) is 5.75 Å². The number of rotatable bonds is 5. The first-order chi connectivity index (χ1) is 8.05. The van der Waals surface area contributed by atoms with E-state index in [9.17, 15) is 9.50 Å². The van der Waals surface area contributed by atoms with Crippen molar-refractivity contribution in [2.75, 3.05) is 13.2 Å². The highest BCUT2D eigenvalue weighted by molar-refractivity contribution is 5.28. The van der Waals surface area contributed by atoms with Gasteiger partial charge in [0.2, 0.25) is 0 Å². The van der Waals surface area contributed by atoms with E-state index in [1.165, 1.54) is 6.07 Å². The number of aryl methyl sites for hydroxylation is 1. The molecule has 17 heavy (non-hydrogen) atoms. The van der Waals surface area contributed by atoms with Crippen LogP contribution in [0.25, 0.3) is 0 Å². The molecule has 1 saturated carbocycles. The first-order valence-corrected chi connectivity index (χ1v) is 5.84. The Kier molecular flexibility index (Phi) is 3.35. The SMILES string of the molecule is Cc1ccc(OCC(N)(CO)C2CC2)cc1F. The molecular formula is C13H18FNO2. The molecule has 0 amide bonds. The third-order valence-electron chi connectivity index (χ3n) is 3.34. The third kappa shape index (κ3) is 2.76. The van der Waals surface area contributed by atoms with E-state index in [4.69, 9.17) is 10.5 Å². The summed E-state index contributed by atoms with van der Waals surface area (Å²) in [5.74, 6) is 0.486. The minimum Gasteiger partial charge on any atom is -0.491 e. The minimum absolute atomic E-state index is 0.105. The van der Waals surface area contributed by atoms with E-state index in [1.54, 1.807) is 19.1 Å². The molecule has 4 heteroatoms. The second-order valence-corrected chi connectivity index (χ2v) is 4.87. The monoisotopic (exact) mass is 239 g/mol. The molecule has 2 rings (SSSR count). The van der Waals surface area contributed by atoms with Crippen LogP contribution in [0.2, 0.25) is 0 Å². The van der Waals surface area contributed by atoms with Crippen molar-refractivity contribution >= 4 is 0 Å². The highest BCUT2D eigenvalue weighted by Crippen LogP contribution is 2.38. The van der Waals surface area contributed by atoms with E-state index in [2.05, 4.69) is 0 Å². The molecule has 1 aromatic carbocycles. The van der Waals surface area contributed by atoms with Gasteiger partial charge in [-0.1, -0.05) is 6.07 Å². The van der Waals surface area contributed by atoms with Crippen LogP contribution in [0.15, 0.2) is 18.2 Å². The van der Waals surface area contributed by atoms with Gasteiger partial charge in [0.1, 0.15) is 18.2 Å². The molecule has 1 aliphatic carbocycles. The number of hydrogen-bond donors (Lipinski definition) is 2. The first kappa shape index (κ1) is 12.3. The molecule has 3 nitrogen and oxygen atoms in total. The summed E-state index contributed by atoms with van der Waals surface area (Å²) in [6.45, 7) is 1.81. The van der Waals surface area contributed by atoms with E-state index in [0.29, 0.717) is 17.2 Å². The molecule has 0 aromatic heterocycles. The van der Waals surface area contributed by atoms with Crippen molar-refractivity contribution in [2.45, 2.75) is 25.3 Å².